The molecule has 3 nitrogen and oxygen atoms in total. The van der Waals surface area contributed by atoms with Gasteiger partial charge >= 0.3 is 0 Å². The van der Waals surface area contributed by atoms with Crippen molar-refractivity contribution in [3.05, 3.63) is 46.5 Å². The zero-order valence-electron chi connectivity index (χ0n) is 10.3. The van der Waals surface area contributed by atoms with Crippen LogP contribution in [0.4, 0.5) is 5.13 Å². The van der Waals surface area contributed by atoms with Crippen LogP contribution in [0.1, 0.15) is 22.9 Å². The standard InChI is InChI=1S/C14H15N3S/c1-2-11-3-5-12(6-4-11)7-8-16-14-17-10-13(9-15)18-14/h3-6,10H,2,7-8H2,1H3,(H,16,17). The SMILES string of the molecule is CCc1ccc(CCNc2ncc(C#N)s2)cc1. The van der Waals surface area contributed by atoms with E-state index >= 15 is 0 Å². The van der Waals surface area contributed by atoms with Gasteiger partial charge in [0, 0.05) is 6.54 Å². The highest BCUT2D eigenvalue weighted by Gasteiger charge is 2.00. The van der Waals surface area contributed by atoms with E-state index in [2.05, 4.69) is 47.6 Å². The Morgan fingerprint density at radius 3 is 2.61 bits per heavy atom. The Morgan fingerprint density at radius 2 is 2.00 bits per heavy atom. The van der Waals surface area contributed by atoms with Gasteiger partial charge in [0.05, 0.1) is 6.20 Å². The van der Waals surface area contributed by atoms with Gasteiger partial charge in [-0.2, -0.15) is 5.26 Å². The number of nitriles is 1. The molecule has 2 aromatic rings. The topological polar surface area (TPSA) is 48.7 Å². The Morgan fingerprint density at radius 1 is 1.28 bits per heavy atom. The molecule has 92 valence electrons. The van der Waals surface area contributed by atoms with E-state index in [9.17, 15) is 0 Å². The first-order valence-electron chi connectivity index (χ1n) is 5.99. The van der Waals surface area contributed by atoms with E-state index in [-0.39, 0.29) is 0 Å². The monoisotopic (exact) mass is 257 g/mol. The van der Waals surface area contributed by atoms with Gasteiger partial charge in [-0.3, -0.25) is 0 Å². The lowest BCUT2D eigenvalue weighted by Gasteiger charge is -2.04. The van der Waals surface area contributed by atoms with E-state index in [1.807, 2.05) is 0 Å². The average molecular weight is 257 g/mol. The van der Waals surface area contributed by atoms with Crippen molar-refractivity contribution in [2.75, 3.05) is 11.9 Å². The molecule has 18 heavy (non-hydrogen) atoms. The molecule has 1 heterocycles. The number of hydrogen-bond acceptors (Lipinski definition) is 4. The lowest BCUT2D eigenvalue weighted by atomic mass is 10.1. The van der Waals surface area contributed by atoms with Crippen LogP contribution in [-0.2, 0) is 12.8 Å². The molecule has 0 fully saturated rings. The molecule has 0 amide bonds. The van der Waals surface area contributed by atoms with Crippen molar-refractivity contribution < 1.29 is 0 Å². The molecule has 0 aliphatic heterocycles. The molecule has 0 spiro atoms. The van der Waals surface area contributed by atoms with Crippen LogP contribution in [0.5, 0.6) is 0 Å². The van der Waals surface area contributed by atoms with Gasteiger partial charge in [-0.25, -0.2) is 4.98 Å². The summed E-state index contributed by atoms with van der Waals surface area (Å²) in [5.41, 5.74) is 2.68. The van der Waals surface area contributed by atoms with Gasteiger partial charge in [0.25, 0.3) is 0 Å². The maximum absolute atomic E-state index is 8.70. The number of aromatic nitrogens is 1. The Hall–Kier alpha value is -1.86. The number of thiazole rings is 1. The van der Waals surface area contributed by atoms with Crippen molar-refractivity contribution in [1.29, 1.82) is 5.26 Å². The largest absolute Gasteiger partial charge is 0.361 e. The minimum absolute atomic E-state index is 0.643. The van der Waals surface area contributed by atoms with E-state index in [1.54, 1.807) is 6.20 Å². The summed E-state index contributed by atoms with van der Waals surface area (Å²) < 4.78 is 0. The van der Waals surface area contributed by atoms with Crippen molar-refractivity contribution in [2.24, 2.45) is 0 Å². The number of nitrogens with one attached hydrogen (secondary N) is 1. The first kappa shape index (κ1) is 12.6. The molecule has 0 radical (unpaired) electrons. The van der Waals surface area contributed by atoms with Gasteiger partial charge in [0.2, 0.25) is 0 Å². The number of anilines is 1. The van der Waals surface area contributed by atoms with E-state index in [0.29, 0.717) is 4.88 Å². The highest BCUT2D eigenvalue weighted by atomic mass is 32.1. The van der Waals surface area contributed by atoms with E-state index in [1.165, 1.54) is 22.5 Å². The summed E-state index contributed by atoms with van der Waals surface area (Å²) in [7, 11) is 0. The third-order valence-corrected chi connectivity index (χ3v) is 3.60. The summed E-state index contributed by atoms with van der Waals surface area (Å²) in [6, 6.07) is 10.8. The first-order chi connectivity index (χ1) is 8.81. The Kier molecular flexibility index (Phi) is 4.32. The third-order valence-electron chi connectivity index (χ3n) is 2.74. The Balaban J connectivity index is 1.82. The van der Waals surface area contributed by atoms with E-state index in [0.717, 1.165) is 24.5 Å². The van der Waals surface area contributed by atoms with Crippen molar-refractivity contribution >= 4 is 16.5 Å². The van der Waals surface area contributed by atoms with Gasteiger partial charge in [-0.15, -0.1) is 0 Å². The zero-order valence-corrected chi connectivity index (χ0v) is 11.1. The average Bonchev–Trinajstić information content (AvgIpc) is 2.87. The number of benzene rings is 1. The van der Waals surface area contributed by atoms with Gasteiger partial charge < -0.3 is 5.32 Å². The second kappa shape index (κ2) is 6.18. The Labute approximate surface area is 111 Å². The van der Waals surface area contributed by atoms with Crippen LogP contribution >= 0.6 is 11.3 Å². The second-order valence-corrected chi connectivity index (χ2v) is 5.02. The first-order valence-corrected chi connectivity index (χ1v) is 6.81. The van der Waals surface area contributed by atoms with Crippen LogP contribution in [0.25, 0.3) is 0 Å². The quantitative estimate of drug-likeness (QED) is 0.894. The number of aryl methyl sites for hydroxylation is 1. The van der Waals surface area contributed by atoms with Crippen LogP contribution < -0.4 is 5.32 Å². The van der Waals surface area contributed by atoms with Crippen LogP contribution in [0.2, 0.25) is 0 Å². The maximum atomic E-state index is 8.70. The summed E-state index contributed by atoms with van der Waals surface area (Å²) in [4.78, 5) is 4.77. The molecule has 0 atom stereocenters. The van der Waals surface area contributed by atoms with Crippen molar-refractivity contribution in [2.45, 2.75) is 19.8 Å². The molecule has 1 aromatic heterocycles. The minimum atomic E-state index is 0.643. The van der Waals surface area contributed by atoms with Crippen LogP contribution in [0, 0.1) is 11.3 Å². The lowest BCUT2D eigenvalue weighted by molar-refractivity contribution is 1.01. The van der Waals surface area contributed by atoms with Crippen molar-refractivity contribution in [1.82, 2.24) is 4.98 Å². The molecule has 0 aliphatic rings. The molecular formula is C14H15N3S. The molecule has 1 N–H and O–H groups in total. The summed E-state index contributed by atoms with van der Waals surface area (Å²) in [6.45, 7) is 3.00. The molecule has 0 unspecified atom stereocenters. The summed E-state index contributed by atoms with van der Waals surface area (Å²) in [6.07, 6.45) is 3.64. The number of rotatable bonds is 5. The normalized spacial score (nSPS) is 10.0. The van der Waals surface area contributed by atoms with Crippen molar-refractivity contribution in [3.8, 4) is 6.07 Å². The zero-order chi connectivity index (χ0) is 12.8. The van der Waals surface area contributed by atoms with Crippen LogP contribution in [0.15, 0.2) is 30.5 Å². The predicted octanol–water partition coefficient (Wildman–Crippen LogP) is 3.23. The maximum Gasteiger partial charge on any atom is 0.183 e. The summed E-state index contributed by atoms with van der Waals surface area (Å²) >= 11 is 1.39. The second-order valence-electron chi connectivity index (χ2n) is 3.99. The minimum Gasteiger partial charge on any atom is -0.361 e. The molecule has 2 rings (SSSR count). The molecule has 0 saturated carbocycles. The van der Waals surface area contributed by atoms with Gasteiger partial charge in [-0.05, 0) is 24.0 Å². The molecule has 0 aliphatic carbocycles. The smallest absolute Gasteiger partial charge is 0.183 e. The molecule has 1 aromatic carbocycles. The van der Waals surface area contributed by atoms with E-state index in [4.69, 9.17) is 5.26 Å². The van der Waals surface area contributed by atoms with Crippen molar-refractivity contribution in [3.63, 3.8) is 0 Å². The fourth-order valence-electron chi connectivity index (χ4n) is 1.66. The summed E-state index contributed by atoms with van der Waals surface area (Å²) in [5, 5.41) is 12.7. The third kappa shape index (κ3) is 3.31. The van der Waals surface area contributed by atoms with Gasteiger partial charge in [0.15, 0.2) is 5.13 Å². The Bertz CT molecular complexity index is 537. The number of hydrogen-bond donors (Lipinski definition) is 1. The van der Waals surface area contributed by atoms with Crippen LogP contribution in [0.3, 0.4) is 0 Å². The lowest BCUT2D eigenvalue weighted by Crippen LogP contribution is -2.04. The van der Waals surface area contributed by atoms with Crippen LogP contribution in [-0.4, -0.2) is 11.5 Å². The molecule has 4 heteroatoms. The fourth-order valence-corrected chi connectivity index (χ4v) is 2.30. The van der Waals surface area contributed by atoms with Gasteiger partial charge in [-0.1, -0.05) is 42.5 Å². The molecular weight excluding hydrogens is 242 g/mol. The highest BCUT2D eigenvalue weighted by molar-refractivity contribution is 7.16. The van der Waals surface area contributed by atoms with Gasteiger partial charge in [0.1, 0.15) is 10.9 Å². The van der Waals surface area contributed by atoms with E-state index < -0.39 is 0 Å². The molecule has 0 bridgehead atoms. The fraction of sp³-hybridized carbons (Fsp3) is 0.286. The summed E-state index contributed by atoms with van der Waals surface area (Å²) in [5.74, 6) is 0. The molecule has 0 saturated heterocycles. The predicted molar refractivity (Wildman–Crippen MR) is 74.8 cm³/mol. The highest BCUT2D eigenvalue weighted by Crippen LogP contribution is 2.16. The number of nitrogens with zero attached hydrogens (tertiary/aromatic N) is 2.